The van der Waals surface area contributed by atoms with Gasteiger partial charge in [0.2, 0.25) is 0 Å². The lowest BCUT2D eigenvalue weighted by Crippen LogP contribution is -2.50. The number of hydrogen-bond acceptors (Lipinski definition) is 3. The van der Waals surface area contributed by atoms with E-state index in [0.29, 0.717) is 5.70 Å². The van der Waals surface area contributed by atoms with Gasteiger partial charge in [-0.05, 0) is 33.6 Å². The van der Waals surface area contributed by atoms with E-state index < -0.39 is 12.0 Å². The minimum Gasteiger partial charge on any atom is -0.391 e. The molecule has 2 atom stereocenters. The van der Waals surface area contributed by atoms with Gasteiger partial charge in [0.05, 0.1) is 17.3 Å². The topological polar surface area (TPSA) is 66.6 Å². The van der Waals surface area contributed by atoms with Gasteiger partial charge in [-0.25, -0.2) is 0 Å². The third-order valence-electron chi connectivity index (χ3n) is 3.40. The molecule has 1 heterocycles. The Labute approximate surface area is 90.7 Å². The van der Waals surface area contributed by atoms with Crippen molar-refractivity contribution in [3.05, 3.63) is 11.8 Å². The molecule has 1 aliphatic rings. The van der Waals surface area contributed by atoms with E-state index in [4.69, 9.17) is 5.73 Å². The molecule has 0 aromatic carbocycles. The SMILES string of the molecule is CC=C(C(N)=O)N1CCC[C@@]1(C)C(C)O. The van der Waals surface area contributed by atoms with Gasteiger partial charge in [0.15, 0.2) is 0 Å². The fraction of sp³-hybridized carbons (Fsp3) is 0.727. The summed E-state index contributed by atoms with van der Waals surface area (Å²) in [5.74, 6) is -0.425. The predicted octanol–water partition coefficient (Wildman–Crippen LogP) is 0.611. The van der Waals surface area contributed by atoms with Crippen LogP contribution in [-0.2, 0) is 4.79 Å². The second-order valence-corrected chi connectivity index (χ2v) is 4.33. The third kappa shape index (κ3) is 2.00. The first-order valence-electron chi connectivity index (χ1n) is 5.35. The molecule has 0 aliphatic carbocycles. The highest BCUT2D eigenvalue weighted by atomic mass is 16.3. The van der Waals surface area contributed by atoms with Crippen LogP contribution >= 0.6 is 0 Å². The standard InChI is InChI=1S/C11H20N2O2/c1-4-9(10(12)15)13-7-5-6-11(13,3)8(2)14/h4,8,14H,5-7H2,1-3H3,(H2,12,15)/t8?,11-/m0/s1. The largest absolute Gasteiger partial charge is 0.391 e. The number of likely N-dealkylation sites (tertiary alicyclic amines) is 1. The van der Waals surface area contributed by atoms with Crippen LogP contribution in [0.25, 0.3) is 0 Å². The average molecular weight is 212 g/mol. The van der Waals surface area contributed by atoms with E-state index in [9.17, 15) is 9.90 Å². The fourth-order valence-corrected chi connectivity index (χ4v) is 2.25. The smallest absolute Gasteiger partial charge is 0.264 e. The first-order valence-corrected chi connectivity index (χ1v) is 5.35. The van der Waals surface area contributed by atoms with Gasteiger partial charge in [0.1, 0.15) is 0 Å². The molecule has 0 spiro atoms. The summed E-state index contributed by atoms with van der Waals surface area (Å²) < 4.78 is 0. The van der Waals surface area contributed by atoms with Gasteiger partial charge in [0.25, 0.3) is 5.91 Å². The van der Waals surface area contributed by atoms with Crippen molar-refractivity contribution in [2.75, 3.05) is 6.54 Å². The Morgan fingerprint density at radius 1 is 1.67 bits per heavy atom. The number of amides is 1. The monoisotopic (exact) mass is 212 g/mol. The minimum atomic E-state index is -0.478. The van der Waals surface area contributed by atoms with Gasteiger partial charge >= 0.3 is 0 Å². The molecule has 1 amide bonds. The van der Waals surface area contributed by atoms with Crippen LogP contribution in [0.2, 0.25) is 0 Å². The van der Waals surface area contributed by atoms with Crippen molar-refractivity contribution in [2.24, 2.45) is 5.73 Å². The first-order chi connectivity index (χ1) is 6.93. The van der Waals surface area contributed by atoms with Crippen molar-refractivity contribution in [1.29, 1.82) is 0 Å². The van der Waals surface area contributed by atoms with Gasteiger partial charge in [-0.15, -0.1) is 0 Å². The van der Waals surface area contributed by atoms with E-state index >= 15 is 0 Å². The lowest BCUT2D eigenvalue weighted by molar-refractivity contribution is -0.117. The van der Waals surface area contributed by atoms with Crippen LogP contribution in [0.5, 0.6) is 0 Å². The molecule has 1 saturated heterocycles. The number of carbonyl (C=O) groups is 1. The molecule has 1 fully saturated rings. The molecule has 1 aliphatic heterocycles. The van der Waals surface area contributed by atoms with Crippen LogP contribution in [-0.4, -0.2) is 34.1 Å². The van der Waals surface area contributed by atoms with Gasteiger partial charge in [-0.1, -0.05) is 6.08 Å². The van der Waals surface area contributed by atoms with E-state index in [0.717, 1.165) is 19.4 Å². The van der Waals surface area contributed by atoms with Crippen LogP contribution in [0, 0.1) is 0 Å². The highest BCUT2D eigenvalue weighted by Crippen LogP contribution is 2.34. The summed E-state index contributed by atoms with van der Waals surface area (Å²) in [6.07, 6.45) is 3.10. The second kappa shape index (κ2) is 4.23. The molecule has 3 N–H and O–H groups in total. The molecule has 1 rings (SSSR count). The highest BCUT2D eigenvalue weighted by molar-refractivity contribution is 5.91. The quantitative estimate of drug-likeness (QED) is 0.674. The van der Waals surface area contributed by atoms with Crippen molar-refractivity contribution >= 4 is 5.91 Å². The number of rotatable bonds is 3. The maximum atomic E-state index is 11.3. The average Bonchev–Trinajstić information content (AvgIpc) is 2.50. The number of allylic oxidation sites excluding steroid dienone is 1. The summed E-state index contributed by atoms with van der Waals surface area (Å²) in [6.45, 7) is 6.30. The highest BCUT2D eigenvalue weighted by Gasteiger charge is 2.42. The summed E-state index contributed by atoms with van der Waals surface area (Å²) in [6, 6.07) is 0. The second-order valence-electron chi connectivity index (χ2n) is 4.33. The van der Waals surface area contributed by atoms with E-state index in [2.05, 4.69) is 0 Å². The Morgan fingerprint density at radius 2 is 2.27 bits per heavy atom. The molecular weight excluding hydrogens is 192 g/mol. The number of primary amides is 1. The van der Waals surface area contributed by atoms with E-state index in [-0.39, 0.29) is 5.54 Å². The van der Waals surface area contributed by atoms with Gasteiger partial charge in [-0.3, -0.25) is 4.79 Å². The Bertz CT molecular complexity index is 286. The molecule has 0 aromatic rings. The molecule has 0 bridgehead atoms. The molecule has 1 unspecified atom stereocenters. The van der Waals surface area contributed by atoms with E-state index in [1.165, 1.54) is 0 Å². The van der Waals surface area contributed by atoms with Gasteiger partial charge in [0, 0.05) is 6.54 Å². The molecule has 4 heteroatoms. The van der Waals surface area contributed by atoms with Crippen molar-refractivity contribution in [1.82, 2.24) is 4.90 Å². The number of nitrogens with zero attached hydrogens (tertiary/aromatic N) is 1. The van der Waals surface area contributed by atoms with Crippen LogP contribution in [0.4, 0.5) is 0 Å². The van der Waals surface area contributed by atoms with Crippen LogP contribution in [0.1, 0.15) is 33.6 Å². The van der Waals surface area contributed by atoms with Crippen molar-refractivity contribution in [3.63, 3.8) is 0 Å². The normalized spacial score (nSPS) is 29.3. The summed E-state index contributed by atoms with van der Waals surface area (Å²) in [5.41, 5.74) is 5.46. The zero-order valence-electron chi connectivity index (χ0n) is 9.66. The van der Waals surface area contributed by atoms with E-state index in [1.54, 1.807) is 19.9 Å². The fourth-order valence-electron chi connectivity index (χ4n) is 2.25. The lowest BCUT2D eigenvalue weighted by Gasteiger charge is -2.39. The first kappa shape index (κ1) is 12.0. The maximum Gasteiger partial charge on any atom is 0.264 e. The summed E-state index contributed by atoms with van der Waals surface area (Å²) in [7, 11) is 0. The Balaban J connectivity index is 2.99. The number of aliphatic hydroxyl groups is 1. The number of nitrogens with two attached hydrogens (primary N) is 1. The maximum absolute atomic E-state index is 11.3. The van der Waals surface area contributed by atoms with Gasteiger partial charge in [-0.2, -0.15) is 0 Å². The van der Waals surface area contributed by atoms with Gasteiger partial charge < -0.3 is 15.7 Å². The van der Waals surface area contributed by atoms with Crippen molar-refractivity contribution in [2.45, 2.75) is 45.3 Å². The van der Waals surface area contributed by atoms with E-state index in [1.807, 2.05) is 11.8 Å². The molecule has 15 heavy (non-hydrogen) atoms. The van der Waals surface area contributed by atoms with Crippen molar-refractivity contribution in [3.8, 4) is 0 Å². The van der Waals surface area contributed by atoms with Crippen LogP contribution in [0.15, 0.2) is 11.8 Å². The van der Waals surface area contributed by atoms with Crippen LogP contribution in [0.3, 0.4) is 0 Å². The number of carbonyl (C=O) groups excluding carboxylic acids is 1. The Hall–Kier alpha value is -1.03. The molecule has 86 valence electrons. The lowest BCUT2D eigenvalue weighted by atomic mass is 9.92. The number of aliphatic hydroxyl groups excluding tert-OH is 1. The predicted molar refractivity (Wildman–Crippen MR) is 59.0 cm³/mol. The van der Waals surface area contributed by atoms with Crippen LogP contribution < -0.4 is 5.73 Å². The molecular formula is C11H20N2O2. The zero-order valence-corrected chi connectivity index (χ0v) is 9.66. The molecule has 0 radical (unpaired) electrons. The van der Waals surface area contributed by atoms with Crippen molar-refractivity contribution < 1.29 is 9.90 Å². The third-order valence-corrected chi connectivity index (χ3v) is 3.40. The molecule has 4 nitrogen and oxygen atoms in total. The minimum absolute atomic E-state index is 0.364. The molecule has 0 saturated carbocycles. The number of hydrogen-bond donors (Lipinski definition) is 2. The zero-order chi connectivity index (χ0) is 11.6. The molecule has 0 aromatic heterocycles. The summed E-state index contributed by atoms with van der Waals surface area (Å²) in [5, 5.41) is 9.79. The summed E-state index contributed by atoms with van der Waals surface area (Å²) in [4.78, 5) is 13.2. The Morgan fingerprint density at radius 3 is 2.67 bits per heavy atom. The Kier molecular flexibility index (Phi) is 3.39. The summed E-state index contributed by atoms with van der Waals surface area (Å²) >= 11 is 0.